The quantitative estimate of drug-likeness (QED) is 0.736. The van der Waals surface area contributed by atoms with Gasteiger partial charge in [0.15, 0.2) is 0 Å². The number of alkyl halides is 1. The molecule has 0 bridgehead atoms. The average molecular weight is 257 g/mol. The van der Waals surface area contributed by atoms with Gasteiger partial charge in [0.1, 0.15) is 5.60 Å². The summed E-state index contributed by atoms with van der Waals surface area (Å²) >= 11 is 5.87. The van der Waals surface area contributed by atoms with Gasteiger partial charge in [0.05, 0.1) is 13.3 Å². The Morgan fingerprint density at radius 1 is 1.41 bits per heavy atom. The van der Waals surface area contributed by atoms with Crippen LogP contribution in [0.15, 0.2) is 24.3 Å². The van der Waals surface area contributed by atoms with Gasteiger partial charge in [-0.05, 0) is 17.7 Å². The normalized spacial score (nSPS) is 25.7. The molecule has 3 heteroatoms. The maximum atomic E-state index is 13.1. The molecule has 2 unspecified atom stereocenters. The topological polar surface area (TPSA) is 12.5 Å². The molecule has 94 valence electrons. The fourth-order valence-electron chi connectivity index (χ4n) is 2.44. The van der Waals surface area contributed by atoms with Gasteiger partial charge >= 0.3 is 0 Å². The molecule has 1 nitrogen and oxygen atoms in total. The van der Waals surface area contributed by atoms with Crippen molar-refractivity contribution in [3.05, 3.63) is 34.9 Å². The second-order valence-corrected chi connectivity index (χ2v) is 5.91. The Balaban J connectivity index is 2.26. The van der Waals surface area contributed by atoms with Gasteiger partial charge < -0.3 is 4.74 Å². The molecule has 0 N–H and O–H groups in total. The predicted octanol–water partition coefficient (Wildman–Crippen LogP) is 4.21. The molecule has 1 fully saturated rings. The van der Waals surface area contributed by atoms with Gasteiger partial charge in [0, 0.05) is 16.4 Å². The summed E-state index contributed by atoms with van der Waals surface area (Å²) in [5, 5.41) is 0.719. The number of benzene rings is 1. The highest BCUT2D eigenvalue weighted by atomic mass is 35.5. The van der Waals surface area contributed by atoms with Gasteiger partial charge in [-0.25, -0.2) is 0 Å². The molecule has 1 aliphatic heterocycles. The van der Waals surface area contributed by atoms with Crippen LogP contribution in [0, 0.1) is 5.41 Å². The lowest BCUT2D eigenvalue weighted by molar-refractivity contribution is 0.0857. The first-order chi connectivity index (χ1) is 7.93. The van der Waals surface area contributed by atoms with Gasteiger partial charge in [0.2, 0.25) is 0 Å². The maximum absolute atomic E-state index is 13.1. The fraction of sp³-hybridized carbons (Fsp3) is 0.571. The van der Waals surface area contributed by atoms with Gasteiger partial charge in [-0.1, -0.05) is 44.5 Å². The fourth-order valence-corrected chi connectivity index (χ4v) is 2.56. The maximum Gasteiger partial charge on any atom is 0.106 e. The van der Waals surface area contributed by atoms with Crippen molar-refractivity contribution in [3.8, 4) is 0 Å². The van der Waals surface area contributed by atoms with Crippen molar-refractivity contribution in [1.82, 2.24) is 0 Å². The minimum Gasteiger partial charge on any atom is -0.368 e. The Hall–Kier alpha value is -0.600. The van der Waals surface area contributed by atoms with E-state index in [9.17, 15) is 4.39 Å². The molecule has 1 heterocycles. The first-order valence-corrected chi connectivity index (χ1v) is 6.26. The van der Waals surface area contributed by atoms with Crippen LogP contribution in [0.2, 0.25) is 5.02 Å². The van der Waals surface area contributed by atoms with Gasteiger partial charge in [-0.15, -0.1) is 0 Å². The number of hydrogen-bond acceptors (Lipinski definition) is 1. The van der Waals surface area contributed by atoms with Crippen molar-refractivity contribution in [2.75, 3.05) is 13.3 Å². The molecule has 0 saturated carbocycles. The van der Waals surface area contributed by atoms with Crippen LogP contribution in [0.5, 0.6) is 0 Å². The van der Waals surface area contributed by atoms with E-state index in [2.05, 4.69) is 6.92 Å². The van der Waals surface area contributed by atoms with Crippen LogP contribution in [-0.4, -0.2) is 18.9 Å². The van der Waals surface area contributed by atoms with Gasteiger partial charge in [0.25, 0.3) is 0 Å². The molecule has 1 aromatic rings. The third-order valence-corrected chi connectivity index (χ3v) is 4.26. The van der Waals surface area contributed by atoms with E-state index in [-0.39, 0.29) is 18.2 Å². The highest BCUT2D eigenvalue weighted by Crippen LogP contribution is 2.53. The number of epoxide rings is 1. The van der Waals surface area contributed by atoms with Gasteiger partial charge in [-0.2, -0.15) is 0 Å². The molecule has 1 saturated heterocycles. The third-order valence-electron chi connectivity index (χ3n) is 4.00. The zero-order valence-corrected chi connectivity index (χ0v) is 11.2. The molecule has 0 spiro atoms. The average Bonchev–Trinajstić information content (AvgIpc) is 3.10. The molecule has 2 rings (SSSR count). The second-order valence-electron chi connectivity index (χ2n) is 5.47. The van der Waals surface area contributed by atoms with E-state index in [1.165, 1.54) is 0 Å². The minimum atomic E-state index is -0.452. The zero-order valence-electron chi connectivity index (χ0n) is 10.5. The Labute approximate surface area is 107 Å². The highest BCUT2D eigenvalue weighted by Gasteiger charge is 2.60. The first kappa shape index (κ1) is 12.8. The summed E-state index contributed by atoms with van der Waals surface area (Å²) in [6.45, 7) is 6.20. The lowest BCUT2D eigenvalue weighted by Gasteiger charge is -2.34. The first-order valence-electron chi connectivity index (χ1n) is 5.88. The summed E-state index contributed by atoms with van der Waals surface area (Å²) < 4.78 is 18.8. The Morgan fingerprint density at radius 3 is 2.35 bits per heavy atom. The molecule has 0 amide bonds. The van der Waals surface area contributed by atoms with Crippen LogP contribution in [0.3, 0.4) is 0 Å². The molecule has 1 aromatic carbocycles. The van der Waals surface area contributed by atoms with E-state index in [0.29, 0.717) is 6.61 Å². The summed E-state index contributed by atoms with van der Waals surface area (Å²) in [5.74, 6) is 0.172. The monoisotopic (exact) mass is 256 g/mol. The SMILES string of the molecule is CC(c1ccc(Cl)cc1)C1(C(C)(C)CF)CO1. The Bertz CT molecular complexity index is 395. The van der Waals surface area contributed by atoms with E-state index in [1.54, 1.807) is 0 Å². The van der Waals surface area contributed by atoms with Crippen molar-refractivity contribution in [3.63, 3.8) is 0 Å². The van der Waals surface area contributed by atoms with Crippen molar-refractivity contribution < 1.29 is 9.13 Å². The van der Waals surface area contributed by atoms with Crippen LogP contribution < -0.4 is 0 Å². The lowest BCUT2D eigenvalue weighted by atomic mass is 9.71. The molecule has 0 aromatic heterocycles. The molecule has 1 aliphatic rings. The van der Waals surface area contributed by atoms with Crippen LogP contribution in [0.4, 0.5) is 4.39 Å². The molecule has 17 heavy (non-hydrogen) atoms. The van der Waals surface area contributed by atoms with E-state index in [4.69, 9.17) is 16.3 Å². The number of rotatable bonds is 4. The van der Waals surface area contributed by atoms with Crippen LogP contribution in [-0.2, 0) is 4.74 Å². The minimum absolute atomic E-state index is 0.172. The van der Waals surface area contributed by atoms with Crippen LogP contribution >= 0.6 is 11.6 Å². The Morgan fingerprint density at radius 2 is 1.94 bits per heavy atom. The standard InChI is InChI=1S/C14H18ClFO/c1-10(11-4-6-12(15)7-5-11)14(9-17-14)13(2,3)8-16/h4-7,10H,8-9H2,1-3H3. The molecule has 2 atom stereocenters. The summed E-state index contributed by atoms with van der Waals surface area (Å²) in [6.07, 6.45) is 0. The Kier molecular flexibility index (Phi) is 3.21. The summed E-state index contributed by atoms with van der Waals surface area (Å²) in [5.41, 5.74) is 0.329. The van der Waals surface area contributed by atoms with E-state index >= 15 is 0 Å². The second kappa shape index (κ2) is 4.25. The van der Waals surface area contributed by atoms with Crippen LogP contribution in [0.1, 0.15) is 32.3 Å². The number of hydrogen-bond donors (Lipinski definition) is 0. The zero-order chi connectivity index (χ0) is 12.7. The lowest BCUT2D eigenvalue weighted by Crippen LogP contribution is -2.39. The molecule has 0 aliphatic carbocycles. The smallest absolute Gasteiger partial charge is 0.106 e. The number of halogens is 2. The van der Waals surface area contributed by atoms with E-state index in [1.807, 2.05) is 38.1 Å². The van der Waals surface area contributed by atoms with E-state index in [0.717, 1.165) is 10.6 Å². The number of ether oxygens (including phenoxy) is 1. The molecule has 0 radical (unpaired) electrons. The predicted molar refractivity (Wildman–Crippen MR) is 68.3 cm³/mol. The van der Waals surface area contributed by atoms with Crippen LogP contribution in [0.25, 0.3) is 0 Å². The summed E-state index contributed by atoms with van der Waals surface area (Å²) in [6, 6.07) is 7.72. The summed E-state index contributed by atoms with van der Waals surface area (Å²) in [4.78, 5) is 0. The van der Waals surface area contributed by atoms with Crippen molar-refractivity contribution in [1.29, 1.82) is 0 Å². The van der Waals surface area contributed by atoms with Crippen molar-refractivity contribution in [2.24, 2.45) is 5.41 Å². The van der Waals surface area contributed by atoms with Crippen molar-refractivity contribution in [2.45, 2.75) is 32.3 Å². The third kappa shape index (κ3) is 2.09. The largest absolute Gasteiger partial charge is 0.368 e. The van der Waals surface area contributed by atoms with Crippen molar-refractivity contribution >= 4 is 11.6 Å². The molecular formula is C14H18ClFO. The van der Waals surface area contributed by atoms with Gasteiger partial charge in [-0.3, -0.25) is 4.39 Å². The molecular weight excluding hydrogens is 239 g/mol. The van der Waals surface area contributed by atoms with E-state index < -0.39 is 5.41 Å². The summed E-state index contributed by atoms with van der Waals surface area (Å²) in [7, 11) is 0. The highest BCUT2D eigenvalue weighted by molar-refractivity contribution is 6.30.